The van der Waals surface area contributed by atoms with Gasteiger partial charge in [0.2, 0.25) is 0 Å². The van der Waals surface area contributed by atoms with Crippen molar-refractivity contribution in [2.75, 3.05) is 0 Å². The lowest BCUT2D eigenvalue weighted by Gasteiger charge is -1.99. The van der Waals surface area contributed by atoms with E-state index in [1.807, 2.05) is 6.92 Å². The summed E-state index contributed by atoms with van der Waals surface area (Å²) in [4.78, 5) is 28.4. The molecule has 0 spiro atoms. The molecule has 0 saturated carbocycles. The molecule has 0 aliphatic heterocycles. The van der Waals surface area contributed by atoms with E-state index in [1.165, 1.54) is 18.2 Å². The van der Waals surface area contributed by atoms with Crippen LogP contribution in [0.3, 0.4) is 0 Å². The summed E-state index contributed by atoms with van der Waals surface area (Å²) in [5.41, 5.74) is 0.0270. The molecule has 0 amide bonds. The number of benzene rings is 1. The van der Waals surface area contributed by atoms with Crippen LogP contribution < -0.4 is 5.56 Å². The zero-order chi connectivity index (χ0) is 11.7. The minimum atomic E-state index is -0.506. The summed E-state index contributed by atoms with van der Waals surface area (Å²) in [6, 6.07) is 4.02. The van der Waals surface area contributed by atoms with Gasteiger partial charge >= 0.3 is 0 Å². The van der Waals surface area contributed by atoms with E-state index in [1.54, 1.807) is 0 Å². The molecular formula is C10H9N3O3. The third-order valence-corrected chi connectivity index (χ3v) is 2.28. The van der Waals surface area contributed by atoms with Gasteiger partial charge in [0.1, 0.15) is 5.82 Å². The number of nitro groups is 1. The smallest absolute Gasteiger partial charge is 0.271 e. The van der Waals surface area contributed by atoms with Crippen molar-refractivity contribution in [3.63, 3.8) is 0 Å². The maximum Gasteiger partial charge on any atom is 0.271 e. The van der Waals surface area contributed by atoms with Crippen LogP contribution in [-0.2, 0) is 6.42 Å². The van der Waals surface area contributed by atoms with E-state index >= 15 is 0 Å². The Kier molecular flexibility index (Phi) is 2.40. The van der Waals surface area contributed by atoms with Crippen LogP contribution in [-0.4, -0.2) is 14.9 Å². The Morgan fingerprint density at radius 3 is 2.88 bits per heavy atom. The van der Waals surface area contributed by atoms with Crippen molar-refractivity contribution in [3.05, 3.63) is 44.5 Å². The molecule has 1 heterocycles. The molecule has 0 radical (unpaired) electrons. The number of aryl methyl sites for hydroxylation is 1. The summed E-state index contributed by atoms with van der Waals surface area (Å²) in [6.07, 6.45) is 0.577. The molecule has 6 nitrogen and oxygen atoms in total. The fourth-order valence-electron chi connectivity index (χ4n) is 1.46. The molecule has 1 aromatic carbocycles. The van der Waals surface area contributed by atoms with E-state index in [2.05, 4.69) is 9.97 Å². The van der Waals surface area contributed by atoms with Gasteiger partial charge < -0.3 is 4.98 Å². The molecule has 16 heavy (non-hydrogen) atoms. The van der Waals surface area contributed by atoms with Crippen molar-refractivity contribution in [2.24, 2.45) is 0 Å². The highest BCUT2D eigenvalue weighted by Gasteiger charge is 2.09. The van der Waals surface area contributed by atoms with Gasteiger partial charge in [0.15, 0.2) is 0 Å². The highest BCUT2D eigenvalue weighted by Crippen LogP contribution is 2.16. The van der Waals surface area contributed by atoms with Gasteiger partial charge in [-0.15, -0.1) is 0 Å². The van der Waals surface area contributed by atoms with Crippen LogP contribution in [0.1, 0.15) is 12.7 Å². The second-order valence-corrected chi connectivity index (χ2v) is 3.32. The maximum absolute atomic E-state index is 11.6. The van der Waals surface area contributed by atoms with Crippen LogP contribution >= 0.6 is 0 Å². The van der Waals surface area contributed by atoms with Gasteiger partial charge in [-0.05, 0) is 6.07 Å². The first-order chi connectivity index (χ1) is 7.61. The monoisotopic (exact) mass is 219 g/mol. The van der Waals surface area contributed by atoms with Gasteiger partial charge in [-0.2, -0.15) is 0 Å². The number of hydrogen-bond acceptors (Lipinski definition) is 4. The van der Waals surface area contributed by atoms with Crippen molar-refractivity contribution >= 4 is 16.6 Å². The van der Waals surface area contributed by atoms with Gasteiger partial charge in [-0.1, -0.05) is 6.92 Å². The fraction of sp³-hybridized carbons (Fsp3) is 0.200. The number of H-pyrrole nitrogens is 1. The summed E-state index contributed by atoms with van der Waals surface area (Å²) in [6.45, 7) is 1.85. The van der Waals surface area contributed by atoms with E-state index in [0.717, 1.165) is 0 Å². The minimum Gasteiger partial charge on any atom is -0.310 e. The van der Waals surface area contributed by atoms with Gasteiger partial charge in [0.25, 0.3) is 11.2 Å². The molecule has 0 bridgehead atoms. The van der Waals surface area contributed by atoms with Crippen LogP contribution in [0, 0.1) is 10.1 Å². The van der Waals surface area contributed by atoms with Gasteiger partial charge in [-0.3, -0.25) is 14.9 Å². The third kappa shape index (κ3) is 1.65. The average Bonchev–Trinajstić information content (AvgIpc) is 2.28. The van der Waals surface area contributed by atoms with Crippen LogP contribution in [0.4, 0.5) is 5.69 Å². The number of fused-ring (bicyclic) bond motifs is 1. The van der Waals surface area contributed by atoms with Crippen LogP contribution in [0.2, 0.25) is 0 Å². The molecule has 1 aromatic heterocycles. The SMILES string of the molecule is CCc1nc2cc([N+](=O)[O-])ccc2c(=O)[nH]1. The first-order valence-electron chi connectivity index (χ1n) is 4.79. The van der Waals surface area contributed by atoms with Crippen LogP contribution in [0.5, 0.6) is 0 Å². The standard InChI is InChI=1S/C10H9N3O3/c1-2-9-11-8-5-6(13(15)16)3-4-7(8)10(14)12-9/h3-5H,2H2,1H3,(H,11,12,14). The van der Waals surface area contributed by atoms with E-state index in [0.29, 0.717) is 23.1 Å². The normalized spacial score (nSPS) is 10.6. The lowest BCUT2D eigenvalue weighted by Crippen LogP contribution is -2.11. The molecule has 0 aliphatic carbocycles. The van der Waals surface area contributed by atoms with Gasteiger partial charge in [-0.25, -0.2) is 4.98 Å². The Hall–Kier alpha value is -2.24. The Morgan fingerprint density at radius 2 is 2.25 bits per heavy atom. The van der Waals surface area contributed by atoms with E-state index in [4.69, 9.17) is 0 Å². The molecule has 0 aliphatic rings. The zero-order valence-electron chi connectivity index (χ0n) is 8.56. The molecule has 0 saturated heterocycles. The zero-order valence-corrected chi connectivity index (χ0v) is 8.56. The predicted octanol–water partition coefficient (Wildman–Crippen LogP) is 1.39. The number of rotatable bonds is 2. The summed E-state index contributed by atoms with van der Waals surface area (Å²) in [5.74, 6) is 0.526. The molecule has 0 fully saturated rings. The van der Waals surface area contributed by atoms with Crippen molar-refractivity contribution in [1.29, 1.82) is 0 Å². The molecule has 1 N–H and O–H groups in total. The summed E-state index contributed by atoms with van der Waals surface area (Å²) in [7, 11) is 0. The number of hydrogen-bond donors (Lipinski definition) is 1. The topological polar surface area (TPSA) is 88.9 Å². The van der Waals surface area contributed by atoms with E-state index < -0.39 is 4.92 Å². The number of nitro benzene ring substituents is 1. The lowest BCUT2D eigenvalue weighted by molar-refractivity contribution is -0.384. The summed E-state index contributed by atoms with van der Waals surface area (Å²) < 4.78 is 0. The molecule has 2 aromatic rings. The number of aromatic amines is 1. The molecule has 0 atom stereocenters. The first kappa shape index (κ1) is 10.3. The average molecular weight is 219 g/mol. The fourth-order valence-corrected chi connectivity index (χ4v) is 1.46. The minimum absolute atomic E-state index is 0.0624. The summed E-state index contributed by atoms with van der Waals surface area (Å²) >= 11 is 0. The van der Waals surface area contributed by atoms with Crippen molar-refractivity contribution < 1.29 is 4.92 Å². The second kappa shape index (κ2) is 3.73. The Morgan fingerprint density at radius 1 is 1.50 bits per heavy atom. The number of aromatic nitrogens is 2. The van der Waals surface area contributed by atoms with Gasteiger partial charge in [0.05, 0.1) is 15.8 Å². The molecule has 0 unspecified atom stereocenters. The van der Waals surface area contributed by atoms with E-state index in [-0.39, 0.29) is 11.2 Å². The van der Waals surface area contributed by atoms with Gasteiger partial charge in [0, 0.05) is 18.6 Å². The highest BCUT2D eigenvalue weighted by atomic mass is 16.6. The molecular weight excluding hydrogens is 210 g/mol. The molecule has 82 valence electrons. The first-order valence-corrected chi connectivity index (χ1v) is 4.79. The molecule has 6 heteroatoms. The molecule has 2 rings (SSSR count). The van der Waals surface area contributed by atoms with Crippen molar-refractivity contribution in [1.82, 2.24) is 9.97 Å². The van der Waals surface area contributed by atoms with Crippen molar-refractivity contribution in [2.45, 2.75) is 13.3 Å². The number of nitrogens with one attached hydrogen (secondary N) is 1. The van der Waals surface area contributed by atoms with E-state index in [9.17, 15) is 14.9 Å². The Bertz CT molecular complexity index is 618. The predicted molar refractivity (Wildman–Crippen MR) is 58.4 cm³/mol. The third-order valence-electron chi connectivity index (χ3n) is 2.28. The van der Waals surface area contributed by atoms with Crippen LogP contribution in [0.25, 0.3) is 10.9 Å². The summed E-state index contributed by atoms with van der Waals surface area (Å²) in [5, 5.41) is 10.9. The Labute approximate surface area is 90.1 Å². The van der Waals surface area contributed by atoms with Crippen molar-refractivity contribution in [3.8, 4) is 0 Å². The second-order valence-electron chi connectivity index (χ2n) is 3.32. The van der Waals surface area contributed by atoms with Crippen LogP contribution in [0.15, 0.2) is 23.0 Å². The number of nitrogens with zero attached hydrogens (tertiary/aromatic N) is 2. The quantitative estimate of drug-likeness (QED) is 0.610. The number of non-ortho nitro benzene ring substituents is 1. The maximum atomic E-state index is 11.6. The lowest BCUT2D eigenvalue weighted by atomic mass is 10.2. The highest BCUT2D eigenvalue weighted by molar-refractivity contribution is 5.79. The Balaban J connectivity index is 2.76. The largest absolute Gasteiger partial charge is 0.310 e.